The molecule has 1 aromatic carbocycles. The minimum atomic E-state index is 0.292. The number of aromatic nitrogens is 3. The molecule has 5 heteroatoms. The standard InChI is InChI=1S/C15H18N4S/c1-3-16-12(9-15-17-10-18-19(15)2)14-8-11-6-4-5-7-13(11)20-14/h4-8,10,12,16H,3,9H2,1-2H3. The van der Waals surface area contributed by atoms with Crippen LogP contribution in [-0.4, -0.2) is 21.3 Å². The second-order valence-corrected chi connectivity index (χ2v) is 5.92. The zero-order valence-corrected chi connectivity index (χ0v) is 12.5. The number of likely N-dealkylation sites (N-methyl/N-ethyl adjacent to an activating group) is 1. The zero-order valence-electron chi connectivity index (χ0n) is 11.7. The number of rotatable bonds is 5. The Bertz CT molecular complexity index is 668. The summed E-state index contributed by atoms with van der Waals surface area (Å²) in [5, 5.41) is 9.02. The third-order valence-electron chi connectivity index (χ3n) is 3.43. The van der Waals surface area contributed by atoms with Gasteiger partial charge in [-0.3, -0.25) is 4.68 Å². The van der Waals surface area contributed by atoms with Crippen molar-refractivity contribution in [1.82, 2.24) is 20.1 Å². The molecular formula is C15H18N4S. The highest BCUT2D eigenvalue weighted by atomic mass is 32.1. The lowest BCUT2D eigenvalue weighted by atomic mass is 10.1. The van der Waals surface area contributed by atoms with Crippen molar-refractivity contribution in [2.75, 3.05) is 6.54 Å². The van der Waals surface area contributed by atoms with Crippen LogP contribution >= 0.6 is 11.3 Å². The molecule has 4 nitrogen and oxygen atoms in total. The smallest absolute Gasteiger partial charge is 0.138 e. The number of fused-ring (bicyclic) bond motifs is 1. The van der Waals surface area contributed by atoms with Gasteiger partial charge in [0.15, 0.2) is 0 Å². The molecule has 0 fully saturated rings. The van der Waals surface area contributed by atoms with E-state index in [4.69, 9.17) is 0 Å². The van der Waals surface area contributed by atoms with E-state index < -0.39 is 0 Å². The Morgan fingerprint density at radius 1 is 1.35 bits per heavy atom. The zero-order chi connectivity index (χ0) is 13.9. The Hall–Kier alpha value is -1.72. The molecule has 0 radical (unpaired) electrons. The molecule has 20 heavy (non-hydrogen) atoms. The predicted octanol–water partition coefficient (Wildman–Crippen LogP) is 2.92. The Labute approximate surface area is 122 Å². The van der Waals surface area contributed by atoms with E-state index in [1.54, 1.807) is 6.33 Å². The van der Waals surface area contributed by atoms with Crippen LogP contribution in [0.2, 0.25) is 0 Å². The number of benzene rings is 1. The highest BCUT2D eigenvalue weighted by molar-refractivity contribution is 7.19. The van der Waals surface area contributed by atoms with Crippen LogP contribution in [0.15, 0.2) is 36.7 Å². The van der Waals surface area contributed by atoms with Crippen LogP contribution in [0, 0.1) is 0 Å². The van der Waals surface area contributed by atoms with Gasteiger partial charge in [-0.2, -0.15) is 5.10 Å². The minimum absolute atomic E-state index is 0.292. The molecule has 1 N–H and O–H groups in total. The van der Waals surface area contributed by atoms with Crippen LogP contribution in [-0.2, 0) is 13.5 Å². The van der Waals surface area contributed by atoms with Crippen molar-refractivity contribution in [3.63, 3.8) is 0 Å². The molecular weight excluding hydrogens is 268 g/mol. The van der Waals surface area contributed by atoms with Crippen molar-refractivity contribution in [2.45, 2.75) is 19.4 Å². The van der Waals surface area contributed by atoms with Gasteiger partial charge in [0.2, 0.25) is 0 Å². The summed E-state index contributed by atoms with van der Waals surface area (Å²) in [6.07, 6.45) is 2.47. The fourth-order valence-corrected chi connectivity index (χ4v) is 3.52. The first-order chi connectivity index (χ1) is 9.78. The molecule has 1 atom stereocenters. The van der Waals surface area contributed by atoms with Crippen LogP contribution in [0.3, 0.4) is 0 Å². The van der Waals surface area contributed by atoms with Gasteiger partial charge in [0, 0.05) is 29.1 Å². The topological polar surface area (TPSA) is 42.7 Å². The van der Waals surface area contributed by atoms with Crippen molar-refractivity contribution in [3.05, 3.63) is 47.4 Å². The predicted molar refractivity (Wildman–Crippen MR) is 82.9 cm³/mol. The van der Waals surface area contributed by atoms with E-state index in [0.29, 0.717) is 6.04 Å². The molecule has 3 aromatic rings. The average Bonchev–Trinajstić information content (AvgIpc) is 3.04. The SMILES string of the molecule is CCNC(Cc1ncnn1C)c1cc2ccccc2s1. The fraction of sp³-hybridized carbons (Fsp3) is 0.333. The van der Waals surface area contributed by atoms with E-state index in [9.17, 15) is 0 Å². The first kappa shape index (κ1) is 13.3. The summed E-state index contributed by atoms with van der Waals surface area (Å²) in [6.45, 7) is 3.08. The minimum Gasteiger partial charge on any atom is -0.309 e. The molecule has 0 saturated heterocycles. The van der Waals surface area contributed by atoms with Gasteiger partial charge in [0.1, 0.15) is 12.2 Å². The van der Waals surface area contributed by atoms with E-state index in [2.05, 4.69) is 52.7 Å². The van der Waals surface area contributed by atoms with Gasteiger partial charge in [-0.15, -0.1) is 11.3 Å². The van der Waals surface area contributed by atoms with Crippen molar-refractivity contribution in [2.24, 2.45) is 7.05 Å². The van der Waals surface area contributed by atoms with Crippen LogP contribution in [0.25, 0.3) is 10.1 Å². The van der Waals surface area contributed by atoms with Gasteiger partial charge >= 0.3 is 0 Å². The van der Waals surface area contributed by atoms with E-state index >= 15 is 0 Å². The second-order valence-electron chi connectivity index (χ2n) is 4.80. The summed E-state index contributed by atoms with van der Waals surface area (Å²) in [5.74, 6) is 1.01. The molecule has 0 amide bonds. The summed E-state index contributed by atoms with van der Waals surface area (Å²) in [7, 11) is 1.94. The van der Waals surface area contributed by atoms with Crippen molar-refractivity contribution in [3.8, 4) is 0 Å². The third-order valence-corrected chi connectivity index (χ3v) is 4.66. The highest BCUT2D eigenvalue weighted by Crippen LogP contribution is 2.31. The molecule has 0 aliphatic rings. The van der Waals surface area contributed by atoms with Crippen LogP contribution in [0.1, 0.15) is 23.7 Å². The monoisotopic (exact) mass is 286 g/mol. The molecule has 0 aliphatic carbocycles. The molecule has 104 valence electrons. The molecule has 3 rings (SSSR count). The summed E-state index contributed by atoms with van der Waals surface area (Å²) < 4.78 is 3.18. The van der Waals surface area contributed by atoms with Gasteiger partial charge < -0.3 is 5.32 Å². The van der Waals surface area contributed by atoms with Gasteiger partial charge in [0.25, 0.3) is 0 Å². The highest BCUT2D eigenvalue weighted by Gasteiger charge is 2.16. The first-order valence-electron chi connectivity index (χ1n) is 6.82. The lowest BCUT2D eigenvalue weighted by molar-refractivity contribution is 0.529. The van der Waals surface area contributed by atoms with E-state index in [1.165, 1.54) is 15.0 Å². The van der Waals surface area contributed by atoms with E-state index in [1.807, 2.05) is 23.1 Å². The van der Waals surface area contributed by atoms with Gasteiger partial charge in [-0.05, 0) is 24.1 Å². The number of hydrogen-bond acceptors (Lipinski definition) is 4. The van der Waals surface area contributed by atoms with Gasteiger partial charge in [0.05, 0.1) is 0 Å². The Kier molecular flexibility index (Phi) is 3.80. The Morgan fingerprint density at radius 3 is 2.90 bits per heavy atom. The first-order valence-corrected chi connectivity index (χ1v) is 7.64. The molecule has 2 heterocycles. The average molecular weight is 286 g/mol. The summed E-state index contributed by atoms with van der Waals surface area (Å²) in [6, 6.07) is 11.1. The maximum atomic E-state index is 4.33. The van der Waals surface area contributed by atoms with Gasteiger partial charge in [-0.25, -0.2) is 4.98 Å². The number of nitrogens with zero attached hydrogens (tertiary/aromatic N) is 3. The number of aryl methyl sites for hydroxylation is 1. The summed E-state index contributed by atoms with van der Waals surface area (Å²) in [4.78, 5) is 5.69. The lowest BCUT2D eigenvalue weighted by Crippen LogP contribution is -2.23. The molecule has 0 spiro atoms. The molecule has 0 bridgehead atoms. The number of hydrogen-bond donors (Lipinski definition) is 1. The van der Waals surface area contributed by atoms with Crippen LogP contribution < -0.4 is 5.32 Å². The third kappa shape index (κ3) is 2.59. The molecule has 2 aromatic heterocycles. The van der Waals surface area contributed by atoms with Crippen LogP contribution in [0.5, 0.6) is 0 Å². The fourth-order valence-electron chi connectivity index (χ4n) is 2.38. The molecule has 0 aliphatic heterocycles. The maximum absolute atomic E-state index is 4.33. The van der Waals surface area contributed by atoms with E-state index in [0.717, 1.165) is 18.8 Å². The number of nitrogens with one attached hydrogen (secondary N) is 1. The largest absolute Gasteiger partial charge is 0.309 e. The quantitative estimate of drug-likeness (QED) is 0.784. The Balaban J connectivity index is 1.91. The molecule has 0 saturated carbocycles. The van der Waals surface area contributed by atoms with Crippen LogP contribution in [0.4, 0.5) is 0 Å². The maximum Gasteiger partial charge on any atom is 0.138 e. The van der Waals surface area contributed by atoms with E-state index in [-0.39, 0.29) is 0 Å². The van der Waals surface area contributed by atoms with Crippen molar-refractivity contribution >= 4 is 21.4 Å². The summed E-state index contributed by atoms with van der Waals surface area (Å²) in [5.41, 5.74) is 0. The number of thiophene rings is 1. The molecule has 1 unspecified atom stereocenters. The second kappa shape index (κ2) is 5.73. The summed E-state index contributed by atoms with van der Waals surface area (Å²) >= 11 is 1.85. The Morgan fingerprint density at radius 2 is 2.20 bits per heavy atom. The normalized spacial score (nSPS) is 12.9. The van der Waals surface area contributed by atoms with Gasteiger partial charge in [-0.1, -0.05) is 25.1 Å². The van der Waals surface area contributed by atoms with Crippen molar-refractivity contribution < 1.29 is 0 Å². The lowest BCUT2D eigenvalue weighted by Gasteiger charge is -2.15. The van der Waals surface area contributed by atoms with Crippen molar-refractivity contribution in [1.29, 1.82) is 0 Å².